The Labute approximate surface area is 155 Å². The van der Waals surface area contributed by atoms with E-state index >= 15 is 0 Å². The lowest BCUT2D eigenvalue weighted by Gasteiger charge is -2.43. The van der Waals surface area contributed by atoms with Gasteiger partial charge >= 0.3 is 0 Å². The Balaban J connectivity index is 2.13. The summed E-state index contributed by atoms with van der Waals surface area (Å²) in [5.74, 6) is -2.24. The third kappa shape index (κ3) is 4.58. The molecule has 2 rings (SSSR count). The summed E-state index contributed by atoms with van der Waals surface area (Å²) in [7, 11) is 0. The fourth-order valence-corrected chi connectivity index (χ4v) is 2.94. The predicted molar refractivity (Wildman–Crippen MR) is 83.8 cm³/mol. The van der Waals surface area contributed by atoms with Gasteiger partial charge in [0.25, 0.3) is 0 Å². The number of hydrogen-bond acceptors (Lipinski definition) is 12. The molecule has 2 fully saturated rings. The average molecular weight is 400 g/mol. The van der Waals surface area contributed by atoms with Crippen LogP contribution in [0.2, 0.25) is 0 Å². The highest BCUT2D eigenvalue weighted by Crippen LogP contribution is 2.36. The first-order chi connectivity index (χ1) is 12.7. The molecule has 2 heterocycles. The third-order valence-electron chi connectivity index (χ3n) is 4.69. The molecule has 0 spiro atoms. The van der Waals surface area contributed by atoms with Crippen LogP contribution in [0.25, 0.3) is 0 Å². The molecular formula is C15H28O12. The van der Waals surface area contributed by atoms with E-state index in [-0.39, 0.29) is 13.0 Å². The average Bonchev–Trinajstić information content (AvgIpc) is 2.92. The Hall–Kier alpha value is -0.480. The van der Waals surface area contributed by atoms with Gasteiger partial charge in [-0.2, -0.15) is 0 Å². The van der Waals surface area contributed by atoms with Crippen LogP contribution in [0.3, 0.4) is 0 Å². The van der Waals surface area contributed by atoms with E-state index in [1.54, 1.807) is 6.92 Å². The zero-order chi connectivity index (χ0) is 20.4. The fraction of sp³-hybridized carbons (Fsp3) is 1.00. The molecule has 0 aromatic carbocycles. The highest BCUT2D eigenvalue weighted by atomic mass is 16.8. The molecule has 0 aliphatic carbocycles. The van der Waals surface area contributed by atoms with E-state index < -0.39 is 74.3 Å². The van der Waals surface area contributed by atoms with Gasteiger partial charge in [-0.1, -0.05) is 6.92 Å². The van der Waals surface area contributed by atoms with E-state index in [0.717, 1.165) is 0 Å². The highest BCUT2D eigenvalue weighted by Gasteiger charge is 2.58. The smallest absolute Gasteiger partial charge is 0.224 e. The number of hydrogen-bond donors (Lipinski definition) is 8. The van der Waals surface area contributed by atoms with Gasteiger partial charge in [-0.3, -0.25) is 0 Å². The molecule has 0 amide bonds. The SMILES string of the molecule is CCC(O)OC[C@H]1O[C@H](O[C@]2(CO)O[C@H](CO)[C@@H](O)[C@@H]2O)[C@H](O)[C@@H](O)[C@@H]1O. The molecular weight excluding hydrogens is 372 g/mol. The molecule has 12 nitrogen and oxygen atoms in total. The second-order valence-corrected chi connectivity index (χ2v) is 6.57. The van der Waals surface area contributed by atoms with Gasteiger partial charge in [-0.15, -0.1) is 0 Å². The van der Waals surface area contributed by atoms with Gasteiger partial charge in [-0.25, -0.2) is 0 Å². The zero-order valence-corrected chi connectivity index (χ0v) is 14.7. The summed E-state index contributed by atoms with van der Waals surface area (Å²) in [6.45, 7) is -0.343. The van der Waals surface area contributed by atoms with Gasteiger partial charge in [0.05, 0.1) is 13.2 Å². The highest BCUT2D eigenvalue weighted by molar-refractivity contribution is 4.98. The van der Waals surface area contributed by atoms with Crippen molar-refractivity contribution in [1.29, 1.82) is 0 Å². The maximum absolute atomic E-state index is 10.1. The molecule has 0 aromatic rings. The Morgan fingerprint density at radius 2 is 1.63 bits per heavy atom. The van der Waals surface area contributed by atoms with Crippen molar-refractivity contribution in [2.24, 2.45) is 0 Å². The van der Waals surface area contributed by atoms with E-state index in [2.05, 4.69) is 0 Å². The number of rotatable bonds is 8. The van der Waals surface area contributed by atoms with Gasteiger partial charge in [0.1, 0.15) is 49.3 Å². The Morgan fingerprint density at radius 1 is 0.963 bits per heavy atom. The maximum atomic E-state index is 10.1. The van der Waals surface area contributed by atoms with Crippen molar-refractivity contribution in [2.45, 2.75) is 74.4 Å². The van der Waals surface area contributed by atoms with Gasteiger partial charge in [0, 0.05) is 0 Å². The summed E-state index contributed by atoms with van der Waals surface area (Å²) in [4.78, 5) is 0. The molecule has 2 aliphatic rings. The Morgan fingerprint density at radius 3 is 2.15 bits per heavy atom. The molecule has 1 unspecified atom stereocenters. The van der Waals surface area contributed by atoms with Crippen LogP contribution >= 0.6 is 0 Å². The number of aliphatic hydroxyl groups excluding tert-OH is 8. The number of ether oxygens (including phenoxy) is 4. The minimum atomic E-state index is -2.24. The van der Waals surface area contributed by atoms with E-state index in [4.69, 9.17) is 18.9 Å². The van der Waals surface area contributed by atoms with Crippen molar-refractivity contribution in [1.82, 2.24) is 0 Å². The standard InChI is InChI=1S/C15H28O12/c1-2-8(18)24-4-7-9(19)11(21)12(22)14(25-7)27-15(5-17)13(23)10(20)6(3-16)26-15/h6-14,16-23H,2-5H2,1H3/t6-,7-,8?,9-,10-,11+,12-,13+,14-,15+/m1/s1. The Kier molecular flexibility index (Phi) is 7.89. The van der Waals surface area contributed by atoms with Crippen LogP contribution in [0.15, 0.2) is 0 Å². The van der Waals surface area contributed by atoms with Crippen molar-refractivity contribution in [3.05, 3.63) is 0 Å². The molecule has 0 bridgehead atoms. The topological polar surface area (TPSA) is 199 Å². The van der Waals surface area contributed by atoms with Crippen molar-refractivity contribution >= 4 is 0 Å². The number of aliphatic hydroxyl groups is 8. The molecule has 0 aromatic heterocycles. The summed E-state index contributed by atoms with van der Waals surface area (Å²) >= 11 is 0. The molecule has 2 saturated heterocycles. The monoisotopic (exact) mass is 400 g/mol. The van der Waals surface area contributed by atoms with Crippen molar-refractivity contribution < 1.29 is 59.8 Å². The quantitative estimate of drug-likeness (QED) is 0.182. The molecule has 27 heavy (non-hydrogen) atoms. The van der Waals surface area contributed by atoms with Crippen LogP contribution < -0.4 is 0 Å². The van der Waals surface area contributed by atoms with Gasteiger partial charge in [0.15, 0.2) is 12.6 Å². The molecule has 160 valence electrons. The Bertz CT molecular complexity index is 466. The maximum Gasteiger partial charge on any atom is 0.224 e. The van der Waals surface area contributed by atoms with Crippen molar-refractivity contribution in [3.8, 4) is 0 Å². The molecule has 10 atom stereocenters. The lowest BCUT2D eigenvalue weighted by atomic mass is 9.99. The summed E-state index contributed by atoms with van der Waals surface area (Å²) in [6, 6.07) is 0. The fourth-order valence-electron chi connectivity index (χ4n) is 2.94. The van der Waals surface area contributed by atoms with Crippen LogP contribution in [-0.4, -0.2) is 122 Å². The first-order valence-electron chi connectivity index (χ1n) is 8.63. The van der Waals surface area contributed by atoms with Crippen LogP contribution in [0.4, 0.5) is 0 Å². The van der Waals surface area contributed by atoms with Crippen LogP contribution in [0.1, 0.15) is 13.3 Å². The normalized spacial score (nSPS) is 46.6. The second-order valence-electron chi connectivity index (χ2n) is 6.57. The van der Waals surface area contributed by atoms with Crippen molar-refractivity contribution in [2.75, 3.05) is 19.8 Å². The lowest BCUT2D eigenvalue weighted by molar-refractivity contribution is -0.385. The van der Waals surface area contributed by atoms with Gasteiger partial charge in [-0.05, 0) is 6.42 Å². The summed E-state index contributed by atoms with van der Waals surface area (Å²) in [5, 5.41) is 78.4. The molecule has 0 radical (unpaired) electrons. The van der Waals surface area contributed by atoms with Crippen LogP contribution in [0, 0.1) is 0 Å². The van der Waals surface area contributed by atoms with Crippen LogP contribution in [-0.2, 0) is 18.9 Å². The first-order valence-corrected chi connectivity index (χ1v) is 8.63. The van der Waals surface area contributed by atoms with E-state index in [0.29, 0.717) is 0 Å². The summed E-state index contributed by atoms with van der Waals surface area (Å²) < 4.78 is 20.9. The van der Waals surface area contributed by atoms with E-state index in [1.807, 2.05) is 0 Å². The lowest BCUT2D eigenvalue weighted by Crippen LogP contribution is -2.63. The first kappa shape index (κ1) is 22.8. The second kappa shape index (κ2) is 9.35. The third-order valence-corrected chi connectivity index (χ3v) is 4.69. The van der Waals surface area contributed by atoms with Gasteiger partial charge in [0.2, 0.25) is 5.79 Å². The molecule has 8 N–H and O–H groups in total. The van der Waals surface area contributed by atoms with E-state index in [1.165, 1.54) is 0 Å². The molecule has 2 aliphatic heterocycles. The van der Waals surface area contributed by atoms with Gasteiger partial charge < -0.3 is 59.8 Å². The summed E-state index contributed by atoms with van der Waals surface area (Å²) in [5.41, 5.74) is 0. The zero-order valence-electron chi connectivity index (χ0n) is 14.7. The van der Waals surface area contributed by atoms with Crippen molar-refractivity contribution in [3.63, 3.8) is 0 Å². The minimum Gasteiger partial charge on any atom is -0.394 e. The predicted octanol–water partition coefficient (Wildman–Crippen LogP) is -4.64. The summed E-state index contributed by atoms with van der Waals surface area (Å²) in [6.07, 6.45) is -13.5. The largest absolute Gasteiger partial charge is 0.394 e. The van der Waals surface area contributed by atoms with E-state index in [9.17, 15) is 40.9 Å². The minimum absolute atomic E-state index is 0.266. The molecule has 12 heteroatoms. The van der Waals surface area contributed by atoms with Crippen LogP contribution in [0.5, 0.6) is 0 Å². The molecule has 0 saturated carbocycles.